The average molecular weight is 457 g/mol. The minimum absolute atomic E-state index is 0. The number of hydrogen-bond acceptors (Lipinski definition) is 4. The third kappa shape index (κ3) is 7.08. The van der Waals surface area contributed by atoms with Gasteiger partial charge < -0.3 is 16.0 Å². The van der Waals surface area contributed by atoms with E-state index < -0.39 is 0 Å². The lowest BCUT2D eigenvalue weighted by molar-refractivity contribution is -0.114. The number of halogens is 1. The Labute approximate surface area is 164 Å². The van der Waals surface area contributed by atoms with Gasteiger partial charge in [-0.05, 0) is 24.1 Å². The second kappa shape index (κ2) is 10.6. The van der Waals surface area contributed by atoms with Gasteiger partial charge in [0, 0.05) is 33.3 Å². The number of aromatic nitrogens is 3. The molecule has 2 aromatic rings. The molecule has 1 amide bonds. The molecule has 0 saturated heterocycles. The molecule has 0 saturated carbocycles. The molecule has 0 aliphatic rings. The highest BCUT2D eigenvalue weighted by atomic mass is 127. The first-order valence-electron chi connectivity index (χ1n) is 7.72. The third-order valence-electron chi connectivity index (χ3n) is 3.42. The number of nitrogens with zero attached hydrogens (tertiary/aromatic N) is 4. The summed E-state index contributed by atoms with van der Waals surface area (Å²) in [7, 11) is 3.58. The highest BCUT2D eigenvalue weighted by Crippen LogP contribution is 2.09. The van der Waals surface area contributed by atoms with Crippen molar-refractivity contribution >= 4 is 41.5 Å². The van der Waals surface area contributed by atoms with E-state index in [1.165, 1.54) is 18.8 Å². The molecule has 0 aliphatic heterocycles. The van der Waals surface area contributed by atoms with Crippen LogP contribution in [-0.4, -0.2) is 40.2 Å². The molecular formula is C16H24IN7O. The number of amides is 1. The predicted molar refractivity (Wildman–Crippen MR) is 109 cm³/mol. The zero-order valence-corrected chi connectivity index (χ0v) is 16.9. The van der Waals surface area contributed by atoms with Gasteiger partial charge in [-0.2, -0.15) is 5.10 Å². The number of rotatable bonds is 6. The number of carbonyl (C=O) groups excluding carboxylic acids is 1. The lowest BCUT2D eigenvalue weighted by atomic mass is 10.1. The van der Waals surface area contributed by atoms with Crippen molar-refractivity contribution in [1.29, 1.82) is 0 Å². The normalized spacial score (nSPS) is 10.8. The molecule has 9 heteroatoms. The van der Waals surface area contributed by atoms with Crippen LogP contribution in [0, 0.1) is 0 Å². The van der Waals surface area contributed by atoms with Crippen LogP contribution in [0.2, 0.25) is 0 Å². The molecule has 1 aromatic carbocycles. The number of carbonyl (C=O) groups is 1. The Kier molecular flexibility index (Phi) is 8.89. The summed E-state index contributed by atoms with van der Waals surface area (Å²) in [6, 6.07) is 7.81. The fourth-order valence-corrected chi connectivity index (χ4v) is 2.15. The van der Waals surface area contributed by atoms with Gasteiger partial charge in [-0.3, -0.25) is 14.5 Å². The van der Waals surface area contributed by atoms with E-state index in [1.807, 2.05) is 31.3 Å². The van der Waals surface area contributed by atoms with Gasteiger partial charge in [0.2, 0.25) is 5.91 Å². The van der Waals surface area contributed by atoms with Crippen molar-refractivity contribution in [3.05, 3.63) is 42.0 Å². The van der Waals surface area contributed by atoms with Crippen molar-refractivity contribution in [2.24, 2.45) is 12.0 Å². The Balaban J connectivity index is 0.00000312. The molecule has 3 N–H and O–H groups in total. The first kappa shape index (κ1) is 20.9. The fourth-order valence-electron chi connectivity index (χ4n) is 2.15. The van der Waals surface area contributed by atoms with E-state index in [4.69, 9.17) is 0 Å². The second-order valence-electron chi connectivity index (χ2n) is 5.28. The number of aryl methyl sites for hydroxylation is 1. The van der Waals surface area contributed by atoms with Gasteiger partial charge in [-0.15, -0.1) is 24.0 Å². The number of nitrogens with one attached hydrogen (secondary N) is 3. The van der Waals surface area contributed by atoms with E-state index in [0.29, 0.717) is 12.5 Å². The summed E-state index contributed by atoms with van der Waals surface area (Å²) in [6.07, 6.45) is 2.38. The zero-order chi connectivity index (χ0) is 17.4. The number of hydrogen-bond donors (Lipinski definition) is 3. The van der Waals surface area contributed by atoms with Crippen LogP contribution in [0.4, 0.5) is 5.69 Å². The van der Waals surface area contributed by atoms with Crippen molar-refractivity contribution in [2.75, 3.05) is 18.9 Å². The Morgan fingerprint density at radius 2 is 1.96 bits per heavy atom. The summed E-state index contributed by atoms with van der Waals surface area (Å²) in [5.41, 5.74) is 1.99. The summed E-state index contributed by atoms with van der Waals surface area (Å²) < 4.78 is 1.72. The molecule has 0 spiro atoms. The Morgan fingerprint density at radius 3 is 2.52 bits per heavy atom. The molecule has 0 radical (unpaired) electrons. The summed E-state index contributed by atoms with van der Waals surface area (Å²) in [4.78, 5) is 19.3. The third-order valence-corrected chi connectivity index (χ3v) is 3.42. The van der Waals surface area contributed by atoms with Crippen LogP contribution in [0.5, 0.6) is 0 Å². The monoisotopic (exact) mass is 457 g/mol. The Morgan fingerprint density at radius 1 is 1.24 bits per heavy atom. The first-order chi connectivity index (χ1) is 11.6. The average Bonchev–Trinajstić information content (AvgIpc) is 2.97. The quantitative estimate of drug-likeness (QED) is 0.345. The van der Waals surface area contributed by atoms with Crippen LogP contribution in [0.3, 0.4) is 0 Å². The van der Waals surface area contributed by atoms with E-state index >= 15 is 0 Å². The minimum atomic E-state index is -0.0674. The Hall–Kier alpha value is -2.17. The van der Waals surface area contributed by atoms with E-state index in [-0.39, 0.29) is 29.9 Å². The fraction of sp³-hybridized carbons (Fsp3) is 0.375. The maximum absolute atomic E-state index is 11.0. The number of aliphatic imine (C=N–C) groups is 1. The van der Waals surface area contributed by atoms with Crippen molar-refractivity contribution in [3.63, 3.8) is 0 Å². The molecule has 1 aromatic heterocycles. The highest BCUT2D eigenvalue weighted by molar-refractivity contribution is 14.0. The van der Waals surface area contributed by atoms with Crippen LogP contribution in [0.1, 0.15) is 18.3 Å². The molecular weight excluding hydrogens is 433 g/mol. The van der Waals surface area contributed by atoms with E-state index in [1.54, 1.807) is 11.7 Å². The summed E-state index contributed by atoms with van der Waals surface area (Å²) in [5.74, 6) is 1.49. The standard InChI is InChI=1S/C16H23N7O.HI/c1-12(24)22-14-6-4-13(5-7-14)8-9-18-16(17-2)19-10-15-20-11-21-23(15)3;/h4-7,11H,8-10H2,1-3H3,(H,22,24)(H2,17,18,19);1H. The maximum Gasteiger partial charge on any atom is 0.221 e. The molecule has 0 aliphatic carbocycles. The largest absolute Gasteiger partial charge is 0.356 e. The SMILES string of the molecule is CN=C(NCCc1ccc(NC(C)=O)cc1)NCc1ncnn1C.I. The number of anilines is 1. The van der Waals surface area contributed by atoms with Crippen LogP contribution in [0.25, 0.3) is 0 Å². The zero-order valence-electron chi connectivity index (χ0n) is 14.6. The molecule has 8 nitrogen and oxygen atoms in total. The Bertz CT molecular complexity index is 697. The van der Waals surface area contributed by atoms with Crippen LogP contribution < -0.4 is 16.0 Å². The lowest BCUT2D eigenvalue weighted by Gasteiger charge is -2.11. The van der Waals surface area contributed by atoms with Crippen molar-refractivity contribution in [3.8, 4) is 0 Å². The molecule has 0 fully saturated rings. The van der Waals surface area contributed by atoms with Crippen molar-refractivity contribution < 1.29 is 4.79 Å². The molecule has 0 bridgehead atoms. The van der Waals surface area contributed by atoms with E-state index in [9.17, 15) is 4.79 Å². The van der Waals surface area contributed by atoms with Gasteiger partial charge in [0.15, 0.2) is 5.96 Å². The van der Waals surface area contributed by atoms with E-state index in [2.05, 4.69) is 31.0 Å². The van der Waals surface area contributed by atoms with Crippen LogP contribution in [-0.2, 0) is 24.8 Å². The minimum Gasteiger partial charge on any atom is -0.356 e. The summed E-state index contributed by atoms with van der Waals surface area (Å²) >= 11 is 0. The number of guanidine groups is 1. The van der Waals surface area contributed by atoms with Crippen molar-refractivity contribution in [1.82, 2.24) is 25.4 Å². The molecule has 1 heterocycles. The summed E-state index contributed by atoms with van der Waals surface area (Å²) in [5, 5.41) is 13.2. The van der Waals surface area contributed by atoms with Crippen molar-refractivity contribution in [2.45, 2.75) is 19.9 Å². The van der Waals surface area contributed by atoms with Crippen LogP contribution in [0.15, 0.2) is 35.6 Å². The van der Waals surface area contributed by atoms with Gasteiger partial charge in [0.25, 0.3) is 0 Å². The second-order valence-corrected chi connectivity index (χ2v) is 5.28. The first-order valence-corrected chi connectivity index (χ1v) is 7.72. The lowest BCUT2D eigenvalue weighted by Crippen LogP contribution is -2.38. The van der Waals surface area contributed by atoms with Gasteiger partial charge in [0.1, 0.15) is 12.2 Å². The highest BCUT2D eigenvalue weighted by Gasteiger charge is 2.03. The molecule has 0 atom stereocenters. The molecule has 25 heavy (non-hydrogen) atoms. The predicted octanol–water partition coefficient (Wildman–Crippen LogP) is 1.30. The summed E-state index contributed by atoms with van der Waals surface area (Å²) in [6.45, 7) is 2.80. The van der Waals surface area contributed by atoms with Gasteiger partial charge in [-0.25, -0.2) is 4.98 Å². The van der Waals surface area contributed by atoms with Gasteiger partial charge in [0.05, 0.1) is 6.54 Å². The molecule has 2 rings (SSSR count). The molecule has 0 unspecified atom stereocenters. The smallest absolute Gasteiger partial charge is 0.221 e. The van der Waals surface area contributed by atoms with E-state index in [0.717, 1.165) is 24.5 Å². The molecule has 136 valence electrons. The maximum atomic E-state index is 11.0. The topological polar surface area (TPSA) is 96.2 Å². The van der Waals surface area contributed by atoms with Crippen LogP contribution >= 0.6 is 24.0 Å². The van der Waals surface area contributed by atoms with Gasteiger partial charge >= 0.3 is 0 Å². The van der Waals surface area contributed by atoms with Gasteiger partial charge in [-0.1, -0.05) is 12.1 Å². The number of benzene rings is 1.